The highest BCUT2D eigenvalue weighted by Gasteiger charge is 2.49. The minimum Gasteiger partial charge on any atom is -0.358 e. The molecule has 1 aliphatic heterocycles. The van der Waals surface area contributed by atoms with Gasteiger partial charge in [-0.1, -0.05) is 51.0 Å². The Morgan fingerprint density at radius 2 is 1.73 bits per heavy atom. The molecular weight excluding hydrogens is 318 g/mol. The summed E-state index contributed by atoms with van der Waals surface area (Å²) in [5.41, 5.74) is 8.42. The van der Waals surface area contributed by atoms with Crippen LogP contribution >= 0.6 is 0 Å². The van der Waals surface area contributed by atoms with Gasteiger partial charge in [-0.3, -0.25) is 4.98 Å². The van der Waals surface area contributed by atoms with Crippen molar-refractivity contribution in [1.82, 2.24) is 4.98 Å². The van der Waals surface area contributed by atoms with Crippen molar-refractivity contribution in [2.24, 2.45) is 0 Å². The van der Waals surface area contributed by atoms with Gasteiger partial charge in [-0.2, -0.15) is 0 Å². The highest BCUT2D eigenvalue weighted by atomic mass is 16.5. The summed E-state index contributed by atoms with van der Waals surface area (Å²) in [7, 11) is 0. The van der Waals surface area contributed by atoms with Crippen molar-refractivity contribution >= 4 is 0 Å². The summed E-state index contributed by atoms with van der Waals surface area (Å²) < 4.78 is 6.89. The molecule has 2 aromatic rings. The van der Waals surface area contributed by atoms with E-state index in [1.165, 1.54) is 78.5 Å². The second-order valence-corrected chi connectivity index (χ2v) is 8.74. The summed E-state index contributed by atoms with van der Waals surface area (Å²) in [6.45, 7) is 4.50. The normalized spacial score (nSPS) is 23.4. The average molecular weight is 348 g/mol. The highest BCUT2D eigenvalue weighted by Crippen LogP contribution is 2.56. The fraction of sp³-hybridized carbons (Fsp3) is 0.542. The number of ether oxygens (including phenoxy) is 1. The molecule has 0 bridgehead atoms. The fourth-order valence-corrected chi connectivity index (χ4v) is 5.39. The third-order valence-corrected chi connectivity index (χ3v) is 6.79. The van der Waals surface area contributed by atoms with E-state index >= 15 is 0 Å². The number of aryl methyl sites for hydroxylation is 1. The number of fused-ring (bicyclic) bond motifs is 4. The lowest BCUT2D eigenvalue weighted by atomic mass is 9.81. The standard InChI is InChI=1S/C24H29NO/c1-16(2)17-9-11-18(12-10-17)23-20-15-25-21-8-4-3-7-19(21)22(20)24(26-23)13-5-6-14-24/h9-12,15-16,23H,3-8,13-14H2,1-2H3. The van der Waals surface area contributed by atoms with Crippen molar-refractivity contribution in [2.75, 3.05) is 0 Å². The van der Waals surface area contributed by atoms with E-state index in [4.69, 9.17) is 9.72 Å². The lowest BCUT2D eigenvalue weighted by Gasteiger charge is -2.29. The van der Waals surface area contributed by atoms with Crippen LogP contribution in [-0.4, -0.2) is 4.98 Å². The minimum atomic E-state index is -0.0406. The van der Waals surface area contributed by atoms with Gasteiger partial charge in [0.15, 0.2) is 0 Å². The van der Waals surface area contributed by atoms with Gasteiger partial charge >= 0.3 is 0 Å². The van der Waals surface area contributed by atoms with E-state index in [0.29, 0.717) is 5.92 Å². The predicted octanol–water partition coefficient (Wildman–Crippen LogP) is 5.97. The summed E-state index contributed by atoms with van der Waals surface area (Å²) >= 11 is 0. The summed E-state index contributed by atoms with van der Waals surface area (Å²) in [5, 5.41) is 0. The molecule has 1 aromatic heterocycles. The van der Waals surface area contributed by atoms with Gasteiger partial charge in [0.05, 0.1) is 5.60 Å². The summed E-state index contributed by atoms with van der Waals surface area (Å²) in [6.07, 6.45) is 12.1. The van der Waals surface area contributed by atoms with Crippen LogP contribution in [0.4, 0.5) is 0 Å². The lowest BCUT2D eigenvalue weighted by molar-refractivity contribution is -0.0567. The molecule has 2 nitrogen and oxygen atoms in total. The Morgan fingerprint density at radius 1 is 1.00 bits per heavy atom. The molecule has 5 rings (SSSR count). The molecule has 0 saturated heterocycles. The zero-order valence-corrected chi connectivity index (χ0v) is 16.1. The number of nitrogens with zero attached hydrogens (tertiary/aromatic N) is 1. The molecule has 1 spiro atoms. The van der Waals surface area contributed by atoms with Crippen LogP contribution in [0.15, 0.2) is 30.5 Å². The van der Waals surface area contributed by atoms with Crippen molar-refractivity contribution < 1.29 is 4.74 Å². The molecule has 2 aliphatic carbocycles. The van der Waals surface area contributed by atoms with Crippen LogP contribution in [0.1, 0.15) is 97.9 Å². The molecule has 2 heteroatoms. The van der Waals surface area contributed by atoms with Crippen LogP contribution in [0.5, 0.6) is 0 Å². The Balaban J connectivity index is 1.62. The molecular formula is C24H29NO. The quantitative estimate of drug-likeness (QED) is 0.667. The van der Waals surface area contributed by atoms with Gasteiger partial charge < -0.3 is 4.74 Å². The maximum atomic E-state index is 6.89. The van der Waals surface area contributed by atoms with Crippen molar-refractivity contribution in [3.8, 4) is 0 Å². The van der Waals surface area contributed by atoms with Crippen LogP contribution in [-0.2, 0) is 23.2 Å². The zero-order valence-electron chi connectivity index (χ0n) is 16.1. The molecule has 1 unspecified atom stereocenters. The first-order valence-electron chi connectivity index (χ1n) is 10.5. The van der Waals surface area contributed by atoms with Crippen LogP contribution in [0.2, 0.25) is 0 Å². The van der Waals surface area contributed by atoms with Crippen molar-refractivity contribution in [3.05, 3.63) is 64.0 Å². The Labute approximate surface area is 157 Å². The van der Waals surface area contributed by atoms with E-state index in [2.05, 4.69) is 44.3 Å². The summed E-state index contributed by atoms with van der Waals surface area (Å²) in [5.74, 6) is 0.565. The van der Waals surface area contributed by atoms with Gasteiger partial charge in [-0.25, -0.2) is 0 Å². The molecule has 1 saturated carbocycles. The van der Waals surface area contributed by atoms with Crippen molar-refractivity contribution in [2.45, 2.75) is 82.8 Å². The SMILES string of the molecule is CC(C)c1ccc(C2OC3(CCCC3)c3c2cnc2c3CCCC2)cc1. The zero-order chi connectivity index (χ0) is 17.7. The number of hydrogen-bond acceptors (Lipinski definition) is 2. The molecule has 2 heterocycles. The average Bonchev–Trinajstić information content (AvgIpc) is 3.28. The smallest absolute Gasteiger partial charge is 0.111 e. The van der Waals surface area contributed by atoms with Crippen LogP contribution in [0, 0.1) is 0 Å². The van der Waals surface area contributed by atoms with Crippen molar-refractivity contribution in [1.29, 1.82) is 0 Å². The molecule has 0 amide bonds. The summed E-state index contributed by atoms with van der Waals surface area (Å²) in [6, 6.07) is 9.09. The Hall–Kier alpha value is -1.67. The molecule has 3 aliphatic rings. The first-order chi connectivity index (χ1) is 12.7. The number of pyridine rings is 1. The van der Waals surface area contributed by atoms with Crippen molar-refractivity contribution in [3.63, 3.8) is 0 Å². The number of aromatic nitrogens is 1. The van der Waals surface area contributed by atoms with Crippen LogP contribution < -0.4 is 0 Å². The van der Waals surface area contributed by atoms with E-state index in [1.807, 2.05) is 0 Å². The molecule has 1 fully saturated rings. The topological polar surface area (TPSA) is 22.1 Å². The molecule has 1 atom stereocenters. The van der Waals surface area contributed by atoms with Gasteiger partial charge in [0.25, 0.3) is 0 Å². The number of rotatable bonds is 2. The molecule has 136 valence electrons. The van der Waals surface area contributed by atoms with Gasteiger partial charge in [0.2, 0.25) is 0 Å². The van der Waals surface area contributed by atoms with Gasteiger partial charge in [-0.15, -0.1) is 0 Å². The van der Waals surface area contributed by atoms with E-state index in [0.717, 1.165) is 6.42 Å². The summed E-state index contributed by atoms with van der Waals surface area (Å²) in [4.78, 5) is 4.89. The second-order valence-electron chi connectivity index (χ2n) is 8.74. The number of hydrogen-bond donors (Lipinski definition) is 0. The Kier molecular flexibility index (Phi) is 3.93. The van der Waals surface area contributed by atoms with Crippen LogP contribution in [0.25, 0.3) is 0 Å². The van der Waals surface area contributed by atoms with Gasteiger partial charge in [0.1, 0.15) is 6.10 Å². The monoisotopic (exact) mass is 347 g/mol. The molecule has 1 aromatic carbocycles. The van der Waals surface area contributed by atoms with Crippen LogP contribution in [0.3, 0.4) is 0 Å². The third kappa shape index (κ3) is 2.45. The van der Waals surface area contributed by atoms with Gasteiger partial charge in [0, 0.05) is 17.5 Å². The molecule has 0 N–H and O–H groups in total. The first kappa shape index (κ1) is 16.5. The minimum absolute atomic E-state index is 0.0406. The fourth-order valence-electron chi connectivity index (χ4n) is 5.39. The van der Waals surface area contributed by atoms with E-state index < -0.39 is 0 Å². The third-order valence-electron chi connectivity index (χ3n) is 6.79. The maximum Gasteiger partial charge on any atom is 0.111 e. The Morgan fingerprint density at radius 3 is 2.46 bits per heavy atom. The molecule has 26 heavy (non-hydrogen) atoms. The van der Waals surface area contributed by atoms with E-state index in [1.54, 1.807) is 0 Å². The Bertz CT molecular complexity index is 815. The largest absolute Gasteiger partial charge is 0.358 e. The molecule has 0 radical (unpaired) electrons. The predicted molar refractivity (Wildman–Crippen MR) is 104 cm³/mol. The number of benzene rings is 1. The van der Waals surface area contributed by atoms with Gasteiger partial charge in [-0.05, 0) is 66.7 Å². The first-order valence-corrected chi connectivity index (χ1v) is 10.5. The highest BCUT2D eigenvalue weighted by molar-refractivity contribution is 5.49. The second kappa shape index (κ2) is 6.20. The maximum absolute atomic E-state index is 6.89. The van der Waals surface area contributed by atoms with E-state index in [-0.39, 0.29) is 11.7 Å². The lowest BCUT2D eigenvalue weighted by Crippen LogP contribution is -2.24. The van der Waals surface area contributed by atoms with E-state index in [9.17, 15) is 0 Å².